The van der Waals surface area contributed by atoms with Crippen LogP contribution in [0.2, 0.25) is 0 Å². The molecule has 0 aromatic heterocycles. The number of primary amides is 1. The third-order valence-electron chi connectivity index (χ3n) is 3.11. The summed E-state index contributed by atoms with van der Waals surface area (Å²) in [6.07, 6.45) is -4.56. The van der Waals surface area contributed by atoms with E-state index in [0.717, 1.165) is 12.1 Å². The Morgan fingerprint density at radius 2 is 1.74 bits per heavy atom. The molecule has 0 spiro atoms. The maximum absolute atomic E-state index is 13.7. The molecule has 0 radical (unpaired) electrons. The van der Waals surface area contributed by atoms with Gasteiger partial charge in [-0.05, 0) is 17.7 Å². The van der Waals surface area contributed by atoms with Gasteiger partial charge in [-0.3, -0.25) is 4.79 Å². The van der Waals surface area contributed by atoms with E-state index >= 15 is 0 Å². The number of nitrogens with two attached hydrogens (primary N) is 1. The van der Waals surface area contributed by atoms with Gasteiger partial charge in [-0.25, -0.2) is 8.78 Å². The highest BCUT2D eigenvalue weighted by Crippen LogP contribution is 2.32. The SMILES string of the molecule is NC(=O)c1cc(NCc2ccccc2C(F)(F)F)c(F)cc1F. The van der Waals surface area contributed by atoms with Gasteiger partial charge in [0.25, 0.3) is 5.91 Å². The Kier molecular flexibility index (Phi) is 4.53. The van der Waals surface area contributed by atoms with E-state index in [1.54, 1.807) is 0 Å². The number of hydrogen-bond donors (Lipinski definition) is 2. The van der Waals surface area contributed by atoms with Gasteiger partial charge in [0.15, 0.2) is 0 Å². The molecule has 0 bridgehead atoms. The third-order valence-corrected chi connectivity index (χ3v) is 3.11. The number of amides is 1. The normalized spacial score (nSPS) is 11.3. The molecule has 0 aliphatic carbocycles. The number of hydrogen-bond acceptors (Lipinski definition) is 2. The first-order valence-electron chi connectivity index (χ1n) is 6.38. The number of benzene rings is 2. The molecule has 2 aromatic rings. The average Bonchev–Trinajstić information content (AvgIpc) is 2.45. The fourth-order valence-corrected chi connectivity index (χ4v) is 2.01. The molecule has 8 heteroatoms. The molecule has 0 heterocycles. The number of rotatable bonds is 4. The highest BCUT2D eigenvalue weighted by molar-refractivity contribution is 5.94. The zero-order chi connectivity index (χ0) is 17.2. The number of alkyl halides is 3. The molecule has 0 unspecified atom stereocenters. The van der Waals surface area contributed by atoms with Crippen molar-refractivity contribution in [2.24, 2.45) is 5.73 Å². The smallest absolute Gasteiger partial charge is 0.379 e. The van der Waals surface area contributed by atoms with Gasteiger partial charge in [-0.15, -0.1) is 0 Å². The Bertz CT molecular complexity index is 743. The zero-order valence-electron chi connectivity index (χ0n) is 11.5. The first kappa shape index (κ1) is 16.7. The van der Waals surface area contributed by atoms with Crippen LogP contribution < -0.4 is 11.1 Å². The van der Waals surface area contributed by atoms with Crippen LogP contribution in [0.15, 0.2) is 36.4 Å². The first-order chi connectivity index (χ1) is 10.7. The maximum atomic E-state index is 13.7. The van der Waals surface area contributed by atoms with Crippen molar-refractivity contribution in [2.75, 3.05) is 5.32 Å². The lowest BCUT2D eigenvalue weighted by Crippen LogP contribution is -2.15. The van der Waals surface area contributed by atoms with Crippen molar-refractivity contribution < 1.29 is 26.7 Å². The first-order valence-corrected chi connectivity index (χ1v) is 6.38. The molecule has 2 rings (SSSR count). The van der Waals surface area contributed by atoms with Crippen molar-refractivity contribution in [3.8, 4) is 0 Å². The minimum atomic E-state index is -4.56. The van der Waals surface area contributed by atoms with E-state index in [9.17, 15) is 26.7 Å². The highest BCUT2D eigenvalue weighted by atomic mass is 19.4. The van der Waals surface area contributed by atoms with Crippen LogP contribution in [0, 0.1) is 11.6 Å². The lowest BCUT2D eigenvalue weighted by Gasteiger charge is -2.14. The van der Waals surface area contributed by atoms with Crippen molar-refractivity contribution >= 4 is 11.6 Å². The average molecular weight is 330 g/mol. The molecule has 3 nitrogen and oxygen atoms in total. The van der Waals surface area contributed by atoms with Gasteiger partial charge in [-0.2, -0.15) is 13.2 Å². The minimum Gasteiger partial charge on any atom is -0.379 e. The molecule has 1 amide bonds. The second-order valence-corrected chi connectivity index (χ2v) is 4.68. The number of halogens is 5. The Morgan fingerprint density at radius 1 is 1.09 bits per heavy atom. The fraction of sp³-hybridized carbons (Fsp3) is 0.133. The van der Waals surface area contributed by atoms with Gasteiger partial charge >= 0.3 is 6.18 Å². The van der Waals surface area contributed by atoms with E-state index in [1.165, 1.54) is 18.2 Å². The molecule has 23 heavy (non-hydrogen) atoms. The lowest BCUT2D eigenvalue weighted by atomic mass is 10.1. The molecule has 2 aromatic carbocycles. The van der Waals surface area contributed by atoms with Crippen LogP contribution >= 0.6 is 0 Å². The van der Waals surface area contributed by atoms with Gasteiger partial charge in [0, 0.05) is 12.6 Å². The van der Waals surface area contributed by atoms with Gasteiger partial charge < -0.3 is 11.1 Å². The van der Waals surface area contributed by atoms with Crippen LogP contribution in [0.4, 0.5) is 27.6 Å². The van der Waals surface area contributed by atoms with E-state index in [4.69, 9.17) is 5.73 Å². The minimum absolute atomic E-state index is 0.121. The molecular formula is C15H11F5N2O. The molecular weight excluding hydrogens is 319 g/mol. The summed E-state index contributed by atoms with van der Waals surface area (Å²) in [7, 11) is 0. The molecule has 122 valence electrons. The third kappa shape index (κ3) is 3.77. The summed E-state index contributed by atoms with van der Waals surface area (Å²) in [5, 5.41) is 2.41. The molecule has 0 atom stereocenters. The lowest BCUT2D eigenvalue weighted by molar-refractivity contribution is -0.138. The monoisotopic (exact) mass is 330 g/mol. The van der Waals surface area contributed by atoms with Crippen LogP contribution in [-0.2, 0) is 12.7 Å². The van der Waals surface area contributed by atoms with Gasteiger partial charge in [0.1, 0.15) is 11.6 Å². The summed E-state index contributed by atoms with van der Waals surface area (Å²) >= 11 is 0. The number of anilines is 1. The van der Waals surface area contributed by atoms with Crippen LogP contribution in [0.1, 0.15) is 21.5 Å². The summed E-state index contributed by atoms with van der Waals surface area (Å²) in [5.74, 6) is -3.30. The number of carbonyl (C=O) groups is 1. The van der Waals surface area contributed by atoms with Crippen molar-refractivity contribution in [1.29, 1.82) is 0 Å². The Hall–Kier alpha value is -2.64. The van der Waals surface area contributed by atoms with Crippen molar-refractivity contribution in [3.63, 3.8) is 0 Å². The van der Waals surface area contributed by atoms with Crippen LogP contribution in [-0.4, -0.2) is 5.91 Å². The van der Waals surface area contributed by atoms with E-state index in [-0.39, 0.29) is 17.8 Å². The largest absolute Gasteiger partial charge is 0.416 e. The van der Waals surface area contributed by atoms with Gasteiger partial charge in [0.2, 0.25) is 0 Å². The van der Waals surface area contributed by atoms with Crippen molar-refractivity contribution in [1.82, 2.24) is 0 Å². The Labute approximate surface area is 127 Å². The Morgan fingerprint density at radius 3 is 2.35 bits per heavy atom. The predicted molar refractivity (Wildman–Crippen MR) is 73.6 cm³/mol. The van der Waals surface area contributed by atoms with Crippen molar-refractivity contribution in [3.05, 3.63) is 64.7 Å². The maximum Gasteiger partial charge on any atom is 0.416 e. The van der Waals surface area contributed by atoms with E-state index in [0.29, 0.717) is 6.07 Å². The van der Waals surface area contributed by atoms with Crippen molar-refractivity contribution in [2.45, 2.75) is 12.7 Å². The zero-order valence-corrected chi connectivity index (χ0v) is 11.5. The topological polar surface area (TPSA) is 55.1 Å². The molecule has 0 saturated heterocycles. The summed E-state index contributed by atoms with van der Waals surface area (Å²) in [6.45, 7) is -0.365. The molecule has 0 fully saturated rings. The summed E-state index contributed by atoms with van der Waals surface area (Å²) in [4.78, 5) is 11.0. The molecule has 0 saturated carbocycles. The highest BCUT2D eigenvalue weighted by Gasteiger charge is 2.32. The Balaban J connectivity index is 2.29. The summed E-state index contributed by atoms with van der Waals surface area (Å²) < 4.78 is 65.6. The van der Waals surface area contributed by atoms with Gasteiger partial charge in [-0.1, -0.05) is 18.2 Å². The summed E-state index contributed by atoms with van der Waals surface area (Å²) in [5.41, 5.74) is 3.07. The van der Waals surface area contributed by atoms with Crippen LogP contribution in [0.3, 0.4) is 0 Å². The summed E-state index contributed by atoms with van der Waals surface area (Å²) in [6, 6.07) is 6.03. The second kappa shape index (κ2) is 6.23. The van der Waals surface area contributed by atoms with E-state index < -0.39 is 34.8 Å². The molecule has 3 N–H and O–H groups in total. The van der Waals surface area contributed by atoms with Gasteiger partial charge in [0.05, 0.1) is 16.8 Å². The number of carbonyl (C=O) groups excluding carboxylic acids is 1. The standard InChI is InChI=1S/C15H11F5N2O/c16-11-6-12(17)13(5-9(11)14(21)23)22-7-8-3-1-2-4-10(8)15(18,19)20/h1-6,22H,7H2,(H2,21,23). The van der Waals surface area contributed by atoms with Crippen LogP contribution in [0.5, 0.6) is 0 Å². The molecule has 0 aliphatic heterocycles. The fourth-order valence-electron chi connectivity index (χ4n) is 2.01. The van der Waals surface area contributed by atoms with Crippen LogP contribution in [0.25, 0.3) is 0 Å². The molecule has 0 aliphatic rings. The second-order valence-electron chi connectivity index (χ2n) is 4.68. The quantitative estimate of drug-likeness (QED) is 0.840. The predicted octanol–water partition coefficient (Wildman–Crippen LogP) is 3.69. The van der Waals surface area contributed by atoms with E-state index in [2.05, 4.69) is 5.32 Å². The van der Waals surface area contributed by atoms with E-state index in [1.807, 2.05) is 0 Å². The number of nitrogens with one attached hydrogen (secondary N) is 1.